The molecule has 1 amide bonds. The summed E-state index contributed by atoms with van der Waals surface area (Å²) in [4.78, 5) is 12.0. The predicted molar refractivity (Wildman–Crippen MR) is 95.2 cm³/mol. The summed E-state index contributed by atoms with van der Waals surface area (Å²) < 4.78 is 13.6. The van der Waals surface area contributed by atoms with Crippen LogP contribution in [0.2, 0.25) is 0 Å². The van der Waals surface area contributed by atoms with Crippen molar-refractivity contribution in [1.82, 2.24) is 10.2 Å². The second-order valence-corrected chi connectivity index (χ2v) is 5.61. The first-order valence-corrected chi connectivity index (χ1v) is 7.81. The van der Waals surface area contributed by atoms with Crippen LogP contribution < -0.4 is 10.6 Å². The van der Waals surface area contributed by atoms with Crippen LogP contribution in [0.3, 0.4) is 0 Å². The number of anilines is 3. The molecule has 126 valence electrons. The van der Waals surface area contributed by atoms with E-state index in [9.17, 15) is 9.18 Å². The summed E-state index contributed by atoms with van der Waals surface area (Å²) in [7, 11) is 0. The van der Waals surface area contributed by atoms with Crippen molar-refractivity contribution in [2.45, 2.75) is 13.3 Å². The zero-order valence-electron chi connectivity index (χ0n) is 13.7. The third kappa shape index (κ3) is 4.60. The smallest absolute Gasteiger partial charge is 0.230 e. The van der Waals surface area contributed by atoms with Gasteiger partial charge in [-0.2, -0.15) is 0 Å². The molecule has 0 aliphatic rings. The highest BCUT2D eigenvalue weighted by molar-refractivity contribution is 5.91. The highest BCUT2D eigenvalue weighted by Crippen LogP contribution is 2.16. The topological polar surface area (TPSA) is 66.9 Å². The lowest BCUT2D eigenvalue weighted by Crippen LogP contribution is -2.16. The first-order valence-electron chi connectivity index (χ1n) is 7.81. The van der Waals surface area contributed by atoms with Crippen molar-refractivity contribution in [2.24, 2.45) is 0 Å². The van der Waals surface area contributed by atoms with Crippen LogP contribution in [0.5, 0.6) is 0 Å². The number of carbonyl (C=O) groups excluding carboxylic acids is 1. The van der Waals surface area contributed by atoms with E-state index in [0.29, 0.717) is 17.2 Å². The number of benzene rings is 2. The Morgan fingerprint density at radius 1 is 1.00 bits per heavy atom. The van der Waals surface area contributed by atoms with Crippen LogP contribution >= 0.6 is 0 Å². The van der Waals surface area contributed by atoms with Crippen LogP contribution in [0.15, 0.2) is 60.7 Å². The average Bonchev–Trinajstić information content (AvgIpc) is 2.59. The quantitative estimate of drug-likeness (QED) is 0.743. The molecule has 1 heterocycles. The van der Waals surface area contributed by atoms with Crippen LogP contribution in [0.25, 0.3) is 0 Å². The van der Waals surface area contributed by atoms with E-state index in [1.165, 1.54) is 6.07 Å². The molecule has 0 unspecified atom stereocenters. The lowest BCUT2D eigenvalue weighted by molar-refractivity contribution is -0.115. The molecule has 2 N–H and O–H groups in total. The minimum Gasteiger partial charge on any atom is -0.339 e. The number of rotatable bonds is 5. The SMILES string of the molecule is Cc1cccc(Nc2ccc(NC(=O)Cc3ccccc3F)nn2)c1. The molecule has 25 heavy (non-hydrogen) atoms. The number of nitrogens with one attached hydrogen (secondary N) is 2. The number of aryl methyl sites for hydroxylation is 1. The predicted octanol–water partition coefficient (Wildman–Crippen LogP) is 3.85. The molecule has 0 spiro atoms. The molecule has 0 fully saturated rings. The molecule has 2 aromatic carbocycles. The highest BCUT2D eigenvalue weighted by Gasteiger charge is 2.09. The minimum atomic E-state index is -0.401. The normalized spacial score (nSPS) is 10.3. The Kier molecular flexibility index (Phi) is 4.99. The van der Waals surface area contributed by atoms with Gasteiger partial charge in [-0.3, -0.25) is 4.79 Å². The van der Waals surface area contributed by atoms with Crippen molar-refractivity contribution in [3.8, 4) is 0 Å². The van der Waals surface area contributed by atoms with Gasteiger partial charge in [0.15, 0.2) is 11.6 Å². The van der Waals surface area contributed by atoms with Gasteiger partial charge in [0, 0.05) is 5.69 Å². The molecule has 0 atom stereocenters. The minimum absolute atomic E-state index is 0.0579. The molecule has 0 aliphatic heterocycles. The zero-order chi connectivity index (χ0) is 17.6. The van der Waals surface area contributed by atoms with E-state index >= 15 is 0 Å². The molecule has 5 nitrogen and oxygen atoms in total. The standard InChI is InChI=1S/C19H17FN4O/c1-13-5-4-7-15(11-13)21-17-9-10-18(24-23-17)22-19(25)12-14-6-2-3-8-16(14)20/h2-11H,12H2,1H3,(H,21,23)(H,22,24,25). The van der Waals surface area contributed by atoms with Crippen molar-refractivity contribution < 1.29 is 9.18 Å². The van der Waals surface area contributed by atoms with Gasteiger partial charge in [0.05, 0.1) is 6.42 Å². The van der Waals surface area contributed by atoms with Gasteiger partial charge in [-0.05, 0) is 48.4 Å². The summed E-state index contributed by atoms with van der Waals surface area (Å²) in [6, 6.07) is 17.4. The van der Waals surface area contributed by atoms with Crippen LogP contribution in [-0.2, 0) is 11.2 Å². The van der Waals surface area contributed by atoms with Gasteiger partial charge in [0.1, 0.15) is 5.82 Å². The van der Waals surface area contributed by atoms with Crippen LogP contribution in [0.4, 0.5) is 21.7 Å². The molecule has 0 saturated carbocycles. The summed E-state index contributed by atoms with van der Waals surface area (Å²) in [5.74, 6) is 0.133. The molecule has 3 rings (SSSR count). The van der Waals surface area contributed by atoms with Gasteiger partial charge in [0.25, 0.3) is 0 Å². The maximum absolute atomic E-state index is 13.6. The van der Waals surface area contributed by atoms with Gasteiger partial charge in [-0.1, -0.05) is 30.3 Å². The first kappa shape index (κ1) is 16.6. The van der Waals surface area contributed by atoms with Crippen LogP contribution in [0, 0.1) is 12.7 Å². The fraction of sp³-hybridized carbons (Fsp3) is 0.105. The van der Waals surface area contributed by atoms with E-state index in [1.807, 2.05) is 31.2 Å². The maximum Gasteiger partial charge on any atom is 0.230 e. The summed E-state index contributed by atoms with van der Waals surface area (Å²) in [6.45, 7) is 2.01. The molecule has 1 aromatic heterocycles. The number of hydrogen-bond donors (Lipinski definition) is 2. The van der Waals surface area contributed by atoms with E-state index in [1.54, 1.807) is 30.3 Å². The number of hydrogen-bond acceptors (Lipinski definition) is 4. The summed E-state index contributed by atoms with van der Waals surface area (Å²) in [5.41, 5.74) is 2.38. The van der Waals surface area contributed by atoms with Gasteiger partial charge in [-0.25, -0.2) is 4.39 Å². The Hall–Kier alpha value is -3.28. The van der Waals surface area contributed by atoms with E-state index in [4.69, 9.17) is 0 Å². The van der Waals surface area contributed by atoms with Gasteiger partial charge < -0.3 is 10.6 Å². The third-order valence-electron chi connectivity index (χ3n) is 3.53. The van der Waals surface area contributed by atoms with Crippen LogP contribution in [0.1, 0.15) is 11.1 Å². The Morgan fingerprint density at radius 3 is 2.48 bits per heavy atom. The van der Waals surface area contributed by atoms with E-state index in [2.05, 4.69) is 20.8 Å². The van der Waals surface area contributed by atoms with E-state index in [0.717, 1.165) is 11.3 Å². The number of carbonyl (C=O) groups is 1. The van der Waals surface area contributed by atoms with Gasteiger partial charge >= 0.3 is 0 Å². The molecule has 0 saturated heterocycles. The van der Waals surface area contributed by atoms with E-state index in [-0.39, 0.29) is 12.3 Å². The van der Waals surface area contributed by atoms with Crippen molar-refractivity contribution in [3.63, 3.8) is 0 Å². The Balaban J connectivity index is 1.60. The fourth-order valence-electron chi connectivity index (χ4n) is 2.34. The number of halogens is 1. The van der Waals surface area contributed by atoms with Gasteiger partial charge in [-0.15, -0.1) is 10.2 Å². The second-order valence-electron chi connectivity index (χ2n) is 5.61. The molecule has 3 aromatic rings. The number of nitrogens with zero attached hydrogens (tertiary/aromatic N) is 2. The van der Waals surface area contributed by atoms with Crippen LogP contribution in [-0.4, -0.2) is 16.1 Å². The highest BCUT2D eigenvalue weighted by atomic mass is 19.1. The average molecular weight is 336 g/mol. The molecule has 0 aliphatic carbocycles. The van der Waals surface area contributed by atoms with Crippen molar-refractivity contribution in [1.29, 1.82) is 0 Å². The Morgan fingerprint density at radius 2 is 1.76 bits per heavy atom. The Bertz CT molecular complexity index is 881. The molecule has 6 heteroatoms. The molecular formula is C19H17FN4O. The zero-order valence-corrected chi connectivity index (χ0v) is 13.7. The van der Waals surface area contributed by atoms with E-state index < -0.39 is 5.82 Å². The summed E-state index contributed by atoms with van der Waals surface area (Å²) in [6.07, 6.45) is -0.0579. The Labute approximate surface area is 144 Å². The first-order chi connectivity index (χ1) is 12.1. The van der Waals surface area contributed by atoms with Crippen molar-refractivity contribution in [3.05, 3.63) is 77.6 Å². The lowest BCUT2D eigenvalue weighted by Gasteiger charge is -2.07. The molecular weight excluding hydrogens is 319 g/mol. The van der Waals surface area contributed by atoms with Gasteiger partial charge in [0.2, 0.25) is 5.91 Å². The maximum atomic E-state index is 13.6. The monoisotopic (exact) mass is 336 g/mol. The number of aromatic nitrogens is 2. The molecule has 0 radical (unpaired) electrons. The molecule has 0 bridgehead atoms. The fourth-order valence-corrected chi connectivity index (χ4v) is 2.34. The second kappa shape index (κ2) is 7.53. The largest absolute Gasteiger partial charge is 0.339 e. The summed E-state index contributed by atoms with van der Waals surface area (Å²) in [5, 5.41) is 13.7. The number of amides is 1. The third-order valence-corrected chi connectivity index (χ3v) is 3.53. The lowest BCUT2D eigenvalue weighted by atomic mass is 10.1. The van der Waals surface area contributed by atoms with Crippen molar-refractivity contribution in [2.75, 3.05) is 10.6 Å². The summed E-state index contributed by atoms with van der Waals surface area (Å²) >= 11 is 0. The van der Waals surface area contributed by atoms with Crippen molar-refractivity contribution >= 4 is 23.2 Å².